The number of hydrogen-bond acceptors (Lipinski definition) is 3. The Morgan fingerprint density at radius 1 is 0.973 bits per heavy atom. The van der Waals surface area contributed by atoms with Crippen LogP contribution in [0, 0.1) is 22.2 Å². The minimum absolute atomic E-state index is 0.0763. The van der Waals surface area contributed by atoms with Gasteiger partial charge in [-0.2, -0.15) is 0 Å². The van der Waals surface area contributed by atoms with E-state index in [0.29, 0.717) is 29.2 Å². The molecule has 2 unspecified atom stereocenters. The zero-order valence-electron chi connectivity index (χ0n) is 21.7. The van der Waals surface area contributed by atoms with Crippen molar-refractivity contribution < 1.29 is 4.79 Å². The Hall–Kier alpha value is -3.41. The molecule has 4 aromatic rings. The molecule has 4 bridgehead atoms. The molecule has 2 atom stereocenters. The van der Waals surface area contributed by atoms with Crippen LogP contribution in [-0.4, -0.2) is 19.9 Å². The number of aromatic nitrogens is 3. The number of hydrogen-bond donors (Lipinski definition) is 1. The van der Waals surface area contributed by atoms with Gasteiger partial charge in [0.05, 0.1) is 12.2 Å². The first-order valence-corrected chi connectivity index (χ1v) is 13.6. The maximum atomic E-state index is 13.4. The molecule has 0 radical (unpaired) electrons. The van der Waals surface area contributed by atoms with Crippen molar-refractivity contribution in [1.82, 2.24) is 14.0 Å². The van der Waals surface area contributed by atoms with Crippen molar-refractivity contribution in [2.45, 2.75) is 65.3 Å². The Labute approximate surface area is 216 Å². The summed E-state index contributed by atoms with van der Waals surface area (Å²) in [5.74, 6) is 0.846. The lowest BCUT2D eigenvalue weighted by molar-refractivity contribution is -0.153. The van der Waals surface area contributed by atoms with Gasteiger partial charge in [-0.25, -0.2) is 4.98 Å². The number of nitrogens with one attached hydrogen (secondary N) is 1. The number of benzene rings is 1. The lowest BCUT2D eigenvalue weighted by atomic mass is 9.40. The number of pyridine rings is 2. The average Bonchev–Trinajstić information content (AvgIpc) is 3.21. The maximum Gasteiger partial charge on any atom is 0.258 e. The number of carbonyl (C=O) groups excluding carboxylic acids is 1. The normalized spacial score (nSPS) is 30.3. The molecule has 0 saturated heterocycles. The van der Waals surface area contributed by atoms with Crippen LogP contribution in [0.15, 0.2) is 65.8 Å². The van der Waals surface area contributed by atoms with Gasteiger partial charge in [-0.15, -0.1) is 0 Å². The van der Waals surface area contributed by atoms with E-state index in [1.165, 1.54) is 38.5 Å². The largest absolute Gasteiger partial charge is 0.325 e. The number of imidazole rings is 1. The van der Waals surface area contributed by atoms with Gasteiger partial charge < -0.3 is 14.3 Å². The van der Waals surface area contributed by atoms with E-state index in [9.17, 15) is 9.59 Å². The number of amides is 1. The summed E-state index contributed by atoms with van der Waals surface area (Å²) < 4.78 is 3.64. The highest BCUT2D eigenvalue weighted by Crippen LogP contribution is 2.70. The van der Waals surface area contributed by atoms with Gasteiger partial charge in [0.1, 0.15) is 5.65 Å². The van der Waals surface area contributed by atoms with Crippen LogP contribution in [0.2, 0.25) is 0 Å². The van der Waals surface area contributed by atoms with E-state index in [4.69, 9.17) is 0 Å². The average molecular weight is 495 g/mol. The lowest BCUT2D eigenvalue weighted by Crippen LogP contribution is -2.55. The molecule has 1 aromatic carbocycles. The highest BCUT2D eigenvalue weighted by atomic mass is 16.1. The predicted molar refractivity (Wildman–Crippen MR) is 146 cm³/mol. The fourth-order valence-electron chi connectivity index (χ4n) is 9.21. The van der Waals surface area contributed by atoms with Crippen molar-refractivity contribution in [3.8, 4) is 0 Å². The van der Waals surface area contributed by atoms with Crippen LogP contribution in [-0.2, 0) is 11.3 Å². The molecule has 8 rings (SSSR count). The Balaban J connectivity index is 1.13. The third-order valence-electron chi connectivity index (χ3n) is 9.32. The first kappa shape index (κ1) is 22.8. The zero-order chi connectivity index (χ0) is 25.4. The molecule has 190 valence electrons. The van der Waals surface area contributed by atoms with Crippen LogP contribution >= 0.6 is 0 Å². The van der Waals surface area contributed by atoms with E-state index in [-0.39, 0.29) is 16.9 Å². The summed E-state index contributed by atoms with van der Waals surface area (Å²) >= 11 is 0. The monoisotopic (exact) mass is 494 g/mol. The van der Waals surface area contributed by atoms with Crippen LogP contribution in [0.1, 0.15) is 64.5 Å². The SMILES string of the molecule is CC12CC3CC(C)(C1)CC(CC(=O)Nc1cccc4c(=O)n(Cc5cn6ccccc6n5)ccc14)(C3)C2. The molecule has 1 amide bonds. The summed E-state index contributed by atoms with van der Waals surface area (Å²) in [5.41, 5.74) is 3.24. The van der Waals surface area contributed by atoms with E-state index in [0.717, 1.165) is 28.3 Å². The number of anilines is 1. The van der Waals surface area contributed by atoms with Gasteiger partial charge in [-0.1, -0.05) is 26.0 Å². The third-order valence-corrected chi connectivity index (χ3v) is 9.32. The minimum Gasteiger partial charge on any atom is -0.325 e. The molecule has 6 heteroatoms. The Morgan fingerprint density at radius 2 is 1.78 bits per heavy atom. The number of nitrogens with zero attached hydrogens (tertiary/aromatic N) is 3. The molecule has 1 N–H and O–H groups in total. The maximum absolute atomic E-state index is 13.4. The van der Waals surface area contributed by atoms with Gasteiger partial charge in [0.25, 0.3) is 5.56 Å². The molecule has 3 heterocycles. The second-order valence-electron chi connectivity index (χ2n) is 13.1. The molecule has 4 fully saturated rings. The zero-order valence-corrected chi connectivity index (χ0v) is 21.7. The topological polar surface area (TPSA) is 68.4 Å². The molecule has 6 nitrogen and oxygen atoms in total. The quantitative estimate of drug-likeness (QED) is 0.369. The lowest BCUT2D eigenvalue weighted by Gasteiger charge is -2.65. The first-order chi connectivity index (χ1) is 17.7. The highest BCUT2D eigenvalue weighted by Gasteiger charge is 2.60. The van der Waals surface area contributed by atoms with Crippen LogP contribution in [0.3, 0.4) is 0 Å². The molecule has 37 heavy (non-hydrogen) atoms. The van der Waals surface area contributed by atoms with Crippen LogP contribution < -0.4 is 10.9 Å². The number of rotatable bonds is 5. The fourth-order valence-corrected chi connectivity index (χ4v) is 9.21. The van der Waals surface area contributed by atoms with E-state index in [2.05, 4.69) is 24.1 Å². The second-order valence-corrected chi connectivity index (χ2v) is 13.1. The summed E-state index contributed by atoms with van der Waals surface area (Å²) in [6.45, 7) is 5.29. The number of carbonyl (C=O) groups is 1. The standard InChI is InChI=1S/C31H34N4O2/c1-29-12-21-13-30(2,18-29)20-31(14-21,19-29)15-27(36)33-25-7-5-6-24-23(25)9-11-35(28(24)37)17-22-16-34-10-4-3-8-26(34)32-22/h3-11,16,21H,12-15,17-20H2,1-2H3,(H,33,36). The van der Waals surface area contributed by atoms with Crippen LogP contribution in [0.4, 0.5) is 5.69 Å². The molecule has 0 spiro atoms. The van der Waals surface area contributed by atoms with E-state index < -0.39 is 0 Å². The summed E-state index contributed by atoms with van der Waals surface area (Å²) in [5, 5.41) is 4.59. The fraction of sp³-hybridized carbons (Fsp3) is 0.452. The van der Waals surface area contributed by atoms with Gasteiger partial charge in [-0.05, 0) is 91.0 Å². The van der Waals surface area contributed by atoms with Crippen LogP contribution in [0.5, 0.6) is 0 Å². The van der Waals surface area contributed by atoms with Crippen molar-refractivity contribution in [3.05, 3.63) is 77.1 Å². The van der Waals surface area contributed by atoms with Gasteiger partial charge in [-0.3, -0.25) is 9.59 Å². The molecular weight excluding hydrogens is 460 g/mol. The smallest absolute Gasteiger partial charge is 0.258 e. The summed E-state index contributed by atoms with van der Waals surface area (Å²) in [4.78, 5) is 31.4. The van der Waals surface area contributed by atoms with Crippen molar-refractivity contribution in [3.63, 3.8) is 0 Å². The summed E-state index contributed by atoms with van der Waals surface area (Å²) in [7, 11) is 0. The first-order valence-electron chi connectivity index (χ1n) is 13.6. The molecular formula is C31H34N4O2. The van der Waals surface area contributed by atoms with Gasteiger partial charge >= 0.3 is 0 Å². The third kappa shape index (κ3) is 3.89. The molecule has 4 saturated carbocycles. The summed E-state index contributed by atoms with van der Waals surface area (Å²) in [6.07, 6.45) is 13.8. The van der Waals surface area contributed by atoms with Crippen molar-refractivity contribution in [1.29, 1.82) is 0 Å². The molecule has 4 aliphatic rings. The Kier molecular flexibility index (Phi) is 4.80. The van der Waals surface area contributed by atoms with Crippen molar-refractivity contribution >= 4 is 28.0 Å². The highest BCUT2D eigenvalue weighted by molar-refractivity contribution is 6.02. The van der Waals surface area contributed by atoms with E-state index in [1.807, 2.05) is 65.5 Å². The van der Waals surface area contributed by atoms with Crippen LogP contribution in [0.25, 0.3) is 16.4 Å². The van der Waals surface area contributed by atoms with Gasteiger partial charge in [0, 0.05) is 41.5 Å². The molecule has 3 aromatic heterocycles. The van der Waals surface area contributed by atoms with Crippen molar-refractivity contribution in [2.75, 3.05) is 5.32 Å². The van der Waals surface area contributed by atoms with E-state index >= 15 is 0 Å². The molecule has 4 aliphatic carbocycles. The minimum atomic E-state index is -0.0763. The second kappa shape index (κ2) is 7.80. The Bertz CT molecular complexity index is 1560. The molecule has 0 aliphatic heterocycles. The van der Waals surface area contributed by atoms with Crippen molar-refractivity contribution in [2.24, 2.45) is 22.2 Å². The van der Waals surface area contributed by atoms with Gasteiger partial charge in [0.15, 0.2) is 0 Å². The Morgan fingerprint density at radius 3 is 2.54 bits per heavy atom. The van der Waals surface area contributed by atoms with Gasteiger partial charge in [0.2, 0.25) is 5.91 Å². The number of fused-ring (bicyclic) bond motifs is 2. The predicted octanol–water partition coefficient (Wildman–Crippen LogP) is 6.02. The van der Waals surface area contributed by atoms with E-state index in [1.54, 1.807) is 4.57 Å². The summed E-state index contributed by atoms with van der Waals surface area (Å²) in [6, 6.07) is 13.4.